The highest BCUT2D eigenvalue weighted by molar-refractivity contribution is 5.85. The minimum Gasteiger partial charge on any atom is -0.349 e. The van der Waals surface area contributed by atoms with Crippen LogP contribution in [0.4, 0.5) is 8.78 Å². The lowest BCUT2D eigenvalue weighted by atomic mass is 9.95. The molecule has 1 unspecified atom stereocenters. The summed E-state index contributed by atoms with van der Waals surface area (Å²) < 4.78 is 25.9. The minimum atomic E-state index is -0.848. The molecule has 0 bridgehead atoms. The monoisotopic (exact) mass is 332 g/mol. The molecule has 1 saturated carbocycles. The standard InChI is InChI=1S/C16H22F2N2O.ClH/c1-16(10-19,12-6-7-12)20-15(21)4-2-3-11-5-8-13(17)14(18)9-11;/h5,8-9,12H,2-4,6-7,10,19H2,1H3,(H,20,21);1H. The zero-order chi connectivity index (χ0) is 15.5. The smallest absolute Gasteiger partial charge is 0.220 e. The van der Waals surface area contributed by atoms with E-state index in [1.807, 2.05) is 6.92 Å². The van der Waals surface area contributed by atoms with E-state index < -0.39 is 11.6 Å². The van der Waals surface area contributed by atoms with Crippen molar-refractivity contribution in [2.75, 3.05) is 6.54 Å². The molecule has 6 heteroatoms. The van der Waals surface area contributed by atoms with Crippen LogP contribution >= 0.6 is 12.4 Å². The second-order valence-electron chi connectivity index (χ2n) is 6.05. The van der Waals surface area contributed by atoms with Crippen LogP contribution in [0, 0.1) is 17.6 Å². The maximum absolute atomic E-state index is 13.1. The average Bonchev–Trinajstić information content (AvgIpc) is 3.27. The Kier molecular flexibility index (Phi) is 6.75. The van der Waals surface area contributed by atoms with Crippen molar-refractivity contribution < 1.29 is 13.6 Å². The van der Waals surface area contributed by atoms with Crippen molar-refractivity contribution in [2.24, 2.45) is 11.7 Å². The van der Waals surface area contributed by atoms with Gasteiger partial charge >= 0.3 is 0 Å². The summed E-state index contributed by atoms with van der Waals surface area (Å²) in [5.74, 6) is -1.24. The summed E-state index contributed by atoms with van der Waals surface area (Å²) in [6.07, 6.45) is 3.74. The van der Waals surface area contributed by atoms with Gasteiger partial charge in [-0.1, -0.05) is 6.07 Å². The molecule has 3 N–H and O–H groups in total. The van der Waals surface area contributed by atoms with Crippen LogP contribution < -0.4 is 11.1 Å². The Balaban J connectivity index is 0.00000242. The highest BCUT2D eigenvalue weighted by atomic mass is 35.5. The van der Waals surface area contributed by atoms with E-state index in [9.17, 15) is 13.6 Å². The molecule has 0 aliphatic heterocycles. The van der Waals surface area contributed by atoms with Crippen LogP contribution in [-0.4, -0.2) is 18.0 Å². The van der Waals surface area contributed by atoms with Gasteiger partial charge in [-0.25, -0.2) is 8.78 Å². The first-order chi connectivity index (χ1) is 9.94. The van der Waals surface area contributed by atoms with Crippen molar-refractivity contribution in [3.8, 4) is 0 Å². The summed E-state index contributed by atoms with van der Waals surface area (Å²) in [5.41, 5.74) is 6.15. The van der Waals surface area contributed by atoms with E-state index in [2.05, 4.69) is 5.32 Å². The average molecular weight is 333 g/mol. The van der Waals surface area contributed by atoms with E-state index >= 15 is 0 Å². The van der Waals surface area contributed by atoms with Gasteiger partial charge in [-0.2, -0.15) is 0 Å². The van der Waals surface area contributed by atoms with Crippen LogP contribution in [0.1, 0.15) is 38.2 Å². The first-order valence-electron chi connectivity index (χ1n) is 7.39. The molecule has 1 amide bonds. The molecule has 1 aliphatic carbocycles. The second-order valence-corrected chi connectivity index (χ2v) is 6.05. The largest absolute Gasteiger partial charge is 0.349 e. The van der Waals surface area contributed by atoms with Crippen molar-refractivity contribution in [3.63, 3.8) is 0 Å². The van der Waals surface area contributed by atoms with Gasteiger partial charge in [0.2, 0.25) is 5.91 Å². The van der Waals surface area contributed by atoms with Crippen LogP contribution in [0.3, 0.4) is 0 Å². The van der Waals surface area contributed by atoms with E-state index in [0.29, 0.717) is 37.3 Å². The summed E-state index contributed by atoms with van der Waals surface area (Å²) in [5, 5.41) is 3.01. The molecule has 1 aromatic rings. The SMILES string of the molecule is CC(CN)(NC(=O)CCCc1ccc(F)c(F)c1)C1CC1.Cl. The van der Waals surface area contributed by atoms with E-state index in [4.69, 9.17) is 5.73 Å². The molecule has 22 heavy (non-hydrogen) atoms. The summed E-state index contributed by atoms with van der Waals surface area (Å²) in [4.78, 5) is 12.0. The normalized spacial score (nSPS) is 16.5. The Morgan fingerprint density at radius 3 is 2.59 bits per heavy atom. The Morgan fingerprint density at radius 2 is 2.05 bits per heavy atom. The molecule has 3 nitrogen and oxygen atoms in total. The fourth-order valence-electron chi connectivity index (χ4n) is 2.57. The van der Waals surface area contributed by atoms with Crippen LogP contribution in [-0.2, 0) is 11.2 Å². The Morgan fingerprint density at radius 1 is 1.36 bits per heavy atom. The molecular formula is C16H23ClF2N2O. The lowest BCUT2D eigenvalue weighted by molar-refractivity contribution is -0.123. The first-order valence-corrected chi connectivity index (χ1v) is 7.39. The van der Waals surface area contributed by atoms with Gasteiger partial charge in [-0.3, -0.25) is 4.79 Å². The maximum Gasteiger partial charge on any atom is 0.220 e. The second kappa shape index (κ2) is 7.88. The van der Waals surface area contributed by atoms with Crippen LogP contribution in [0.25, 0.3) is 0 Å². The molecular weight excluding hydrogens is 310 g/mol. The fraction of sp³-hybridized carbons (Fsp3) is 0.562. The molecule has 2 rings (SSSR count). The molecule has 1 aliphatic rings. The van der Waals surface area contributed by atoms with Gasteiger partial charge in [0.05, 0.1) is 5.54 Å². The lowest BCUT2D eigenvalue weighted by Crippen LogP contribution is -2.53. The van der Waals surface area contributed by atoms with Crippen LogP contribution in [0.15, 0.2) is 18.2 Å². The number of benzene rings is 1. The highest BCUT2D eigenvalue weighted by Gasteiger charge is 2.41. The molecule has 1 fully saturated rings. The van der Waals surface area contributed by atoms with E-state index in [1.54, 1.807) is 6.07 Å². The predicted molar refractivity (Wildman–Crippen MR) is 84.9 cm³/mol. The number of aryl methyl sites for hydroxylation is 1. The predicted octanol–water partition coefficient (Wildman–Crippen LogP) is 2.95. The van der Waals surface area contributed by atoms with E-state index in [-0.39, 0.29) is 23.9 Å². The fourth-order valence-corrected chi connectivity index (χ4v) is 2.57. The highest BCUT2D eigenvalue weighted by Crippen LogP contribution is 2.39. The van der Waals surface area contributed by atoms with Crippen LogP contribution in [0.2, 0.25) is 0 Å². The molecule has 0 aromatic heterocycles. The summed E-state index contributed by atoms with van der Waals surface area (Å²) in [7, 11) is 0. The summed E-state index contributed by atoms with van der Waals surface area (Å²) >= 11 is 0. The Bertz CT molecular complexity index is 523. The number of halogens is 3. The number of amides is 1. The number of hydrogen-bond donors (Lipinski definition) is 2. The zero-order valence-electron chi connectivity index (χ0n) is 12.7. The Hall–Kier alpha value is -1.20. The van der Waals surface area contributed by atoms with Gasteiger partial charge in [-0.15, -0.1) is 12.4 Å². The quantitative estimate of drug-likeness (QED) is 0.806. The number of nitrogens with one attached hydrogen (secondary N) is 1. The maximum atomic E-state index is 13.1. The summed E-state index contributed by atoms with van der Waals surface area (Å²) in [6.45, 7) is 2.42. The number of hydrogen-bond acceptors (Lipinski definition) is 2. The van der Waals surface area contributed by atoms with Gasteiger partial charge in [0, 0.05) is 13.0 Å². The first kappa shape index (κ1) is 18.8. The van der Waals surface area contributed by atoms with Crippen molar-refractivity contribution >= 4 is 18.3 Å². The minimum absolute atomic E-state index is 0. The van der Waals surface area contributed by atoms with Crippen molar-refractivity contribution in [1.82, 2.24) is 5.32 Å². The van der Waals surface area contributed by atoms with E-state index in [1.165, 1.54) is 6.07 Å². The number of nitrogens with two attached hydrogens (primary N) is 1. The zero-order valence-corrected chi connectivity index (χ0v) is 13.5. The Labute approximate surface area is 136 Å². The number of carbonyl (C=O) groups excluding carboxylic acids is 1. The van der Waals surface area contributed by atoms with Crippen LogP contribution in [0.5, 0.6) is 0 Å². The van der Waals surface area contributed by atoms with Crippen molar-refractivity contribution in [2.45, 2.75) is 44.6 Å². The van der Waals surface area contributed by atoms with Crippen molar-refractivity contribution in [1.29, 1.82) is 0 Å². The molecule has 1 aromatic carbocycles. The van der Waals surface area contributed by atoms with Crippen molar-refractivity contribution in [3.05, 3.63) is 35.4 Å². The third-order valence-corrected chi connectivity index (χ3v) is 4.18. The topological polar surface area (TPSA) is 55.1 Å². The third kappa shape index (κ3) is 4.92. The van der Waals surface area contributed by atoms with E-state index in [0.717, 1.165) is 18.9 Å². The molecule has 1 atom stereocenters. The molecule has 0 heterocycles. The lowest BCUT2D eigenvalue weighted by Gasteiger charge is -2.29. The molecule has 0 spiro atoms. The summed E-state index contributed by atoms with van der Waals surface area (Å²) in [6, 6.07) is 3.84. The number of carbonyl (C=O) groups is 1. The molecule has 0 radical (unpaired) electrons. The number of rotatable bonds is 7. The van der Waals surface area contributed by atoms with Gasteiger partial charge in [0.25, 0.3) is 0 Å². The van der Waals surface area contributed by atoms with Gasteiger partial charge in [0.15, 0.2) is 11.6 Å². The molecule has 0 saturated heterocycles. The third-order valence-electron chi connectivity index (χ3n) is 4.18. The molecule has 124 valence electrons. The van der Waals surface area contributed by atoms with Gasteiger partial charge < -0.3 is 11.1 Å². The van der Waals surface area contributed by atoms with Gasteiger partial charge in [0.1, 0.15) is 0 Å². The van der Waals surface area contributed by atoms with Gasteiger partial charge in [-0.05, 0) is 56.2 Å².